The number of rotatable bonds is 7. The third-order valence-corrected chi connectivity index (χ3v) is 5.43. The van der Waals surface area contributed by atoms with Gasteiger partial charge in [-0.1, -0.05) is 48.5 Å². The Morgan fingerprint density at radius 2 is 1.83 bits per heavy atom. The Morgan fingerprint density at radius 1 is 1.03 bits per heavy atom. The van der Waals surface area contributed by atoms with Gasteiger partial charge in [0, 0.05) is 38.2 Å². The summed E-state index contributed by atoms with van der Waals surface area (Å²) in [5.74, 6) is 2.70. The van der Waals surface area contributed by atoms with Crippen LogP contribution in [0.25, 0.3) is 0 Å². The number of fused-ring (bicyclic) bond motifs is 1. The number of ether oxygens (including phenoxy) is 1. The largest absolute Gasteiger partial charge is 0.496 e. The minimum absolute atomic E-state index is 0.00929. The summed E-state index contributed by atoms with van der Waals surface area (Å²) in [6.45, 7) is 3.85. The van der Waals surface area contributed by atoms with Crippen molar-refractivity contribution in [2.75, 3.05) is 20.2 Å². The van der Waals surface area contributed by atoms with Gasteiger partial charge >= 0.3 is 0 Å². The molecule has 0 unspecified atom stereocenters. The lowest BCUT2D eigenvalue weighted by Crippen LogP contribution is -2.28. The highest BCUT2D eigenvalue weighted by Gasteiger charge is 2.20. The van der Waals surface area contributed by atoms with Crippen LogP contribution in [0.3, 0.4) is 0 Å². The van der Waals surface area contributed by atoms with E-state index in [4.69, 9.17) is 4.74 Å². The Balaban J connectivity index is 1.34. The third-order valence-electron chi connectivity index (χ3n) is 5.43. The molecular weight excluding hydrogens is 378 g/mol. The Hall–Kier alpha value is -3.19. The zero-order chi connectivity index (χ0) is 20.8. The van der Waals surface area contributed by atoms with Gasteiger partial charge < -0.3 is 14.6 Å². The van der Waals surface area contributed by atoms with Crippen LogP contribution in [0.1, 0.15) is 22.8 Å². The van der Waals surface area contributed by atoms with Crippen molar-refractivity contribution < 1.29 is 9.53 Å². The fourth-order valence-electron chi connectivity index (χ4n) is 3.81. The molecule has 1 N–H and O–H groups in total. The molecule has 1 aliphatic heterocycles. The molecule has 1 amide bonds. The third kappa shape index (κ3) is 4.86. The van der Waals surface area contributed by atoms with E-state index in [0.717, 1.165) is 55.6 Å². The second-order valence-electron chi connectivity index (χ2n) is 7.46. The monoisotopic (exact) mass is 405 g/mol. The number of nitrogens with one attached hydrogen (secondary N) is 1. The maximum absolute atomic E-state index is 12.3. The molecule has 4 rings (SSSR count). The van der Waals surface area contributed by atoms with E-state index in [-0.39, 0.29) is 5.91 Å². The number of amides is 1. The molecule has 7 nitrogen and oxygen atoms in total. The number of hydrogen-bond acceptors (Lipinski definition) is 5. The van der Waals surface area contributed by atoms with Crippen LogP contribution in [-0.2, 0) is 37.3 Å². The molecule has 3 aromatic rings. The van der Waals surface area contributed by atoms with E-state index in [0.29, 0.717) is 13.0 Å². The molecule has 156 valence electrons. The second kappa shape index (κ2) is 9.54. The van der Waals surface area contributed by atoms with Gasteiger partial charge in [-0.2, -0.15) is 0 Å². The van der Waals surface area contributed by atoms with Gasteiger partial charge in [0.1, 0.15) is 11.6 Å². The van der Waals surface area contributed by atoms with Gasteiger partial charge in [0.25, 0.3) is 0 Å². The van der Waals surface area contributed by atoms with Crippen LogP contribution < -0.4 is 10.1 Å². The summed E-state index contributed by atoms with van der Waals surface area (Å²) in [7, 11) is 1.71. The first-order chi connectivity index (χ1) is 14.7. The van der Waals surface area contributed by atoms with Crippen molar-refractivity contribution in [2.24, 2.45) is 0 Å². The normalized spacial score (nSPS) is 14.0. The SMILES string of the molecule is COc1ccccc1CN1CCc2nnc(CNC(=O)Cc3ccccc3)n2CC1. The summed E-state index contributed by atoms with van der Waals surface area (Å²) in [5, 5.41) is 11.7. The maximum atomic E-state index is 12.3. The summed E-state index contributed by atoms with van der Waals surface area (Å²) in [6, 6.07) is 17.9. The van der Waals surface area contributed by atoms with Crippen LogP contribution in [0.15, 0.2) is 54.6 Å². The fourth-order valence-corrected chi connectivity index (χ4v) is 3.81. The molecule has 1 aromatic heterocycles. The van der Waals surface area contributed by atoms with E-state index in [1.165, 1.54) is 5.56 Å². The van der Waals surface area contributed by atoms with Crippen LogP contribution in [0, 0.1) is 0 Å². The molecule has 7 heteroatoms. The summed E-state index contributed by atoms with van der Waals surface area (Å²) >= 11 is 0. The molecule has 0 fully saturated rings. The molecule has 0 aliphatic carbocycles. The lowest BCUT2D eigenvalue weighted by atomic mass is 10.1. The molecule has 0 spiro atoms. The minimum Gasteiger partial charge on any atom is -0.496 e. The maximum Gasteiger partial charge on any atom is 0.224 e. The molecule has 0 atom stereocenters. The molecular formula is C23H27N5O2. The molecule has 1 aliphatic rings. The van der Waals surface area contributed by atoms with Crippen molar-refractivity contribution >= 4 is 5.91 Å². The molecule has 0 radical (unpaired) electrons. The van der Waals surface area contributed by atoms with E-state index in [2.05, 4.69) is 31.0 Å². The first-order valence-corrected chi connectivity index (χ1v) is 10.3. The summed E-state index contributed by atoms with van der Waals surface area (Å²) in [6.07, 6.45) is 1.20. The average molecular weight is 406 g/mol. The van der Waals surface area contributed by atoms with Gasteiger partial charge in [0.05, 0.1) is 20.1 Å². The Bertz CT molecular complexity index is 986. The Morgan fingerprint density at radius 3 is 2.67 bits per heavy atom. The highest BCUT2D eigenvalue weighted by molar-refractivity contribution is 5.78. The van der Waals surface area contributed by atoms with Crippen LogP contribution >= 0.6 is 0 Å². The smallest absolute Gasteiger partial charge is 0.224 e. The predicted molar refractivity (Wildman–Crippen MR) is 114 cm³/mol. The summed E-state index contributed by atoms with van der Waals surface area (Å²) < 4.78 is 7.63. The number of carbonyl (C=O) groups is 1. The lowest BCUT2D eigenvalue weighted by Gasteiger charge is -2.21. The molecule has 0 bridgehead atoms. The number of hydrogen-bond donors (Lipinski definition) is 1. The van der Waals surface area contributed by atoms with E-state index < -0.39 is 0 Å². The van der Waals surface area contributed by atoms with Gasteiger partial charge in [-0.05, 0) is 11.6 Å². The second-order valence-corrected chi connectivity index (χ2v) is 7.46. The molecule has 2 heterocycles. The predicted octanol–water partition coefficient (Wildman–Crippen LogP) is 2.20. The zero-order valence-electron chi connectivity index (χ0n) is 17.3. The fraction of sp³-hybridized carbons (Fsp3) is 0.348. The molecule has 30 heavy (non-hydrogen) atoms. The average Bonchev–Trinajstić information content (AvgIpc) is 3.05. The number of methoxy groups -OCH3 is 1. The van der Waals surface area contributed by atoms with Crippen molar-refractivity contribution in [3.63, 3.8) is 0 Å². The van der Waals surface area contributed by atoms with Crippen molar-refractivity contribution in [2.45, 2.75) is 32.5 Å². The minimum atomic E-state index is -0.00929. The van der Waals surface area contributed by atoms with Crippen LogP contribution in [0.2, 0.25) is 0 Å². The van der Waals surface area contributed by atoms with E-state index >= 15 is 0 Å². The topological polar surface area (TPSA) is 72.3 Å². The van der Waals surface area contributed by atoms with Gasteiger partial charge in [-0.15, -0.1) is 10.2 Å². The summed E-state index contributed by atoms with van der Waals surface area (Å²) in [4.78, 5) is 14.7. The van der Waals surface area contributed by atoms with Crippen molar-refractivity contribution in [3.05, 3.63) is 77.4 Å². The first-order valence-electron chi connectivity index (χ1n) is 10.3. The molecule has 2 aromatic carbocycles. The Kier molecular flexibility index (Phi) is 6.39. The van der Waals surface area contributed by atoms with Crippen molar-refractivity contribution in [3.8, 4) is 5.75 Å². The van der Waals surface area contributed by atoms with Gasteiger partial charge in [0.15, 0.2) is 5.82 Å². The van der Waals surface area contributed by atoms with Crippen molar-refractivity contribution in [1.82, 2.24) is 25.0 Å². The number of aromatic nitrogens is 3. The summed E-state index contributed by atoms with van der Waals surface area (Å²) in [5.41, 5.74) is 2.19. The quantitative estimate of drug-likeness (QED) is 0.653. The molecule has 0 saturated carbocycles. The first kappa shape index (κ1) is 20.1. The van der Waals surface area contributed by atoms with Crippen LogP contribution in [0.5, 0.6) is 5.75 Å². The van der Waals surface area contributed by atoms with Crippen LogP contribution in [0.4, 0.5) is 0 Å². The van der Waals surface area contributed by atoms with Gasteiger partial charge in [-0.3, -0.25) is 9.69 Å². The Labute approximate surface area is 176 Å². The van der Waals surface area contributed by atoms with Crippen molar-refractivity contribution in [1.29, 1.82) is 0 Å². The highest BCUT2D eigenvalue weighted by Crippen LogP contribution is 2.20. The van der Waals surface area contributed by atoms with E-state index in [1.807, 2.05) is 48.5 Å². The zero-order valence-corrected chi connectivity index (χ0v) is 17.3. The van der Waals surface area contributed by atoms with Gasteiger partial charge in [-0.25, -0.2) is 0 Å². The highest BCUT2D eigenvalue weighted by atomic mass is 16.5. The number of nitrogens with zero attached hydrogens (tertiary/aromatic N) is 4. The standard InChI is InChI=1S/C23H27N5O2/c1-30-20-10-6-5-9-19(20)17-27-12-11-21-25-26-22(28(21)14-13-27)16-24-23(29)15-18-7-3-2-4-8-18/h2-10H,11-17H2,1H3,(H,24,29). The lowest BCUT2D eigenvalue weighted by molar-refractivity contribution is -0.120. The molecule has 0 saturated heterocycles. The van der Waals surface area contributed by atoms with E-state index in [9.17, 15) is 4.79 Å². The number of para-hydroxylation sites is 1. The number of benzene rings is 2. The van der Waals surface area contributed by atoms with Gasteiger partial charge in [0.2, 0.25) is 5.91 Å². The number of carbonyl (C=O) groups excluding carboxylic acids is 1. The van der Waals surface area contributed by atoms with Crippen LogP contribution in [-0.4, -0.2) is 45.8 Å². The van der Waals surface area contributed by atoms with E-state index in [1.54, 1.807) is 7.11 Å².